The lowest BCUT2D eigenvalue weighted by Gasteiger charge is -2.07. The number of hydrogen-bond acceptors (Lipinski definition) is 3. The molecule has 3 N–H and O–H groups in total. The number of nitrogens with one attached hydrogen (secondary N) is 3. The molecule has 0 aliphatic heterocycles. The quantitative estimate of drug-likeness (QED) is 0.618. The first kappa shape index (κ1) is 13.5. The Bertz CT molecular complexity index is 430. The zero-order valence-corrected chi connectivity index (χ0v) is 10.8. The zero-order chi connectivity index (χ0) is 13.5. The molecule has 5 nitrogen and oxygen atoms in total. The molecule has 2 amide bonds. The fraction of sp³-hybridized carbons (Fsp3) is 0.429. The van der Waals surface area contributed by atoms with E-state index in [1.165, 1.54) is 12.8 Å². The van der Waals surface area contributed by atoms with Crippen LogP contribution in [0.2, 0.25) is 0 Å². The number of carbonyl (C=O) groups excluding carboxylic acids is 2. The molecule has 1 aromatic carbocycles. The summed E-state index contributed by atoms with van der Waals surface area (Å²) >= 11 is 0. The van der Waals surface area contributed by atoms with E-state index in [0.717, 1.165) is 6.54 Å². The van der Waals surface area contributed by atoms with Crippen molar-refractivity contribution in [1.29, 1.82) is 0 Å². The summed E-state index contributed by atoms with van der Waals surface area (Å²) in [6.07, 6.45) is 2.47. The first-order chi connectivity index (χ1) is 9.25. The molecule has 1 aliphatic rings. The van der Waals surface area contributed by atoms with Crippen molar-refractivity contribution in [2.75, 3.05) is 19.6 Å². The molecule has 102 valence electrons. The highest BCUT2D eigenvalue weighted by Gasteiger charge is 2.19. The predicted octanol–water partition coefficient (Wildman–Crippen LogP) is 0.285. The monoisotopic (exact) mass is 261 g/mol. The maximum Gasteiger partial charge on any atom is 0.251 e. The third-order valence-corrected chi connectivity index (χ3v) is 2.90. The summed E-state index contributed by atoms with van der Waals surface area (Å²) in [4.78, 5) is 23.2. The van der Waals surface area contributed by atoms with Crippen molar-refractivity contribution in [2.24, 2.45) is 0 Å². The molecule has 1 aliphatic carbocycles. The molecular weight excluding hydrogens is 242 g/mol. The van der Waals surface area contributed by atoms with E-state index in [9.17, 15) is 9.59 Å². The summed E-state index contributed by atoms with van der Waals surface area (Å²) < 4.78 is 0. The van der Waals surface area contributed by atoms with Crippen molar-refractivity contribution in [2.45, 2.75) is 18.9 Å². The Labute approximate surface area is 112 Å². The minimum Gasteiger partial charge on any atom is -0.353 e. The van der Waals surface area contributed by atoms with Gasteiger partial charge < -0.3 is 16.0 Å². The van der Waals surface area contributed by atoms with Crippen LogP contribution in [-0.2, 0) is 4.79 Å². The highest BCUT2D eigenvalue weighted by atomic mass is 16.2. The summed E-state index contributed by atoms with van der Waals surface area (Å²) in [7, 11) is 0. The summed E-state index contributed by atoms with van der Waals surface area (Å²) in [5, 5.41) is 8.65. The lowest BCUT2D eigenvalue weighted by atomic mass is 10.2. The fourth-order valence-electron chi connectivity index (χ4n) is 1.68. The topological polar surface area (TPSA) is 70.2 Å². The molecule has 0 bridgehead atoms. The van der Waals surface area contributed by atoms with Gasteiger partial charge >= 0.3 is 0 Å². The predicted molar refractivity (Wildman–Crippen MR) is 72.8 cm³/mol. The van der Waals surface area contributed by atoms with E-state index in [4.69, 9.17) is 0 Å². The van der Waals surface area contributed by atoms with E-state index < -0.39 is 0 Å². The maximum atomic E-state index is 11.7. The van der Waals surface area contributed by atoms with Gasteiger partial charge in [0.2, 0.25) is 5.91 Å². The van der Waals surface area contributed by atoms with Crippen LogP contribution in [0.25, 0.3) is 0 Å². The van der Waals surface area contributed by atoms with Gasteiger partial charge in [0.1, 0.15) is 0 Å². The summed E-state index contributed by atoms with van der Waals surface area (Å²) in [6, 6.07) is 9.50. The van der Waals surface area contributed by atoms with Crippen molar-refractivity contribution in [1.82, 2.24) is 16.0 Å². The SMILES string of the molecule is O=C(CNC(=O)c1ccccc1)NCCNC1CC1. The van der Waals surface area contributed by atoms with Gasteiger partial charge in [-0.25, -0.2) is 0 Å². The average Bonchev–Trinajstić information content (AvgIpc) is 3.26. The molecule has 5 heteroatoms. The maximum absolute atomic E-state index is 11.7. The van der Waals surface area contributed by atoms with Gasteiger partial charge in [0, 0.05) is 24.7 Å². The van der Waals surface area contributed by atoms with Crippen LogP contribution < -0.4 is 16.0 Å². The van der Waals surface area contributed by atoms with Gasteiger partial charge in [0.15, 0.2) is 0 Å². The van der Waals surface area contributed by atoms with Crippen molar-refractivity contribution < 1.29 is 9.59 Å². The van der Waals surface area contributed by atoms with E-state index in [0.29, 0.717) is 18.2 Å². The van der Waals surface area contributed by atoms with Crippen molar-refractivity contribution in [3.63, 3.8) is 0 Å². The molecule has 0 atom stereocenters. The fourth-order valence-corrected chi connectivity index (χ4v) is 1.68. The Morgan fingerprint density at radius 1 is 1.05 bits per heavy atom. The third kappa shape index (κ3) is 5.09. The number of benzene rings is 1. The zero-order valence-electron chi connectivity index (χ0n) is 10.8. The third-order valence-electron chi connectivity index (χ3n) is 2.90. The molecule has 1 saturated carbocycles. The second kappa shape index (κ2) is 6.89. The molecule has 19 heavy (non-hydrogen) atoms. The lowest BCUT2D eigenvalue weighted by molar-refractivity contribution is -0.120. The highest BCUT2D eigenvalue weighted by molar-refractivity contribution is 5.96. The Balaban J connectivity index is 1.58. The summed E-state index contributed by atoms with van der Waals surface area (Å²) in [5.74, 6) is -0.395. The molecule has 2 rings (SSSR count). The molecule has 0 saturated heterocycles. The van der Waals surface area contributed by atoms with Crippen molar-refractivity contribution in [3.8, 4) is 0 Å². The van der Waals surface area contributed by atoms with Crippen molar-refractivity contribution in [3.05, 3.63) is 35.9 Å². The molecule has 0 spiro atoms. The van der Waals surface area contributed by atoms with Gasteiger partial charge in [-0.05, 0) is 25.0 Å². The van der Waals surface area contributed by atoms with Crippen LogP contribution in [0.15, 0.2) is 30.3 Å². The van der Waals surface area contributed by atoms with Crippen LogP contribution in [0.1, 0.15) is 23.2 Å². The van der Waals surface area contributed by atoms with E-state index in [2.05, 4.69) is 16.0 Å². The van der Waals surface area contributed by atoms with Crippen LogP contribution in [0.3, 0.4) is 0 Å². The normalized spacial score (nSPS) is 13.9. The van der Waals surface area contributed by atoms with E-state index in [1.54, 1.807) is 24.3 Å². The van der Waals surface area contributed by atoms with Crippen LogP contribution >= 0.6 is 0 Å². The minimum absolute atomic E-state index is 0.0111. The second-order valence-corrected chi connectivity index (χ2v) is 4.63. The summed E-state index contributed by atoms with van der Waals surface area (Å²) in [6.45, 7) is 1.39. The van der Waals surface area contributed by atoms with Gasteiger partial charge in [-0.3, -0.25) is 9.59 Å². The molecule has 0 aromatic heterocycles. The van der Waals surface area contributed by atoms with E-state index in [-0.39, 0.29) is 18.4 Å². The Kier molecular flexibility index (Phi) is 4.92. The van der Waals surface area contributed by atoms with Crippen LogP contribution in [0.4, 0.5) is 0 Å². The number of hydrogen-bond donors (Lipinski definition) is 3. The van der Waals surface area contributed by atoms with E-state index in [1.807, 2.05) is 6.07 Å². The molecule has 0 unspecified atom stereocenters. The molecule has 0 radical (unpaired) electrons. The highest BCUT2D eigenvalue weighted by Crippen LogP contribution is 2.17. The Hall–Kier alpha value is -1.88. The smallest absolute Gasteiger partial charge is 0.251 e. The first-order valence-electron chi connectivity index (χ1n) is 6.59. The van der Waals surface area contributed by atoms with Crippen LogP contribution in [0, 0.1) is 0 Å². The minimum atomic E-state index is -0.230. The number of amides is 2. The van der Waals surface area contributed by atoms with Crippen LogP contribution in [0.5, 0.6) is 0 Å². The summed E-state index contributed by atoms with van der Waals surface area (Å²) in [5.41, 5.74) is 0.561. The molecule has 0 heterocycles. The van der Waals surface area contributed by atoms with Gasteiger partial charge in [-0.1, -0.05) is 18.2 Å². The molecular formula is C14H19N3O2. The van der Waals surface area contributed by atoms with E-state index >= 15 is 0 Å². The molecule has 1 aromatic rings. The van der Waals surface area contributed by atoms with Crippen LogP contribution in [-0.4, -0.2) is 37.5 Å². The Morgan fingerprint density at radius 2 is 1.79 bits per heavy atom. The Morgan fingerprint density at radius 3 is 2.47 bits per heavy atom. The lowest BCUT2D eigenvalue weighted by Crippen LogP contribution is -2.39. The number of carbonyl (C=O) groups is 2. The van der Waals surface area contributed by atoms with Crippen molar-refractivity contribution >= 4 is 11.8 Å². The number of rotatable bonds is 7. The second-order valence-electron chi connectivity index (χ2n) is 4.63. The van der Waals surface area contributed by atoms with Gasteiger partial charge in [0.05, 0.1) is 6.54 Å². The first-order valence-corrected chi connectivity index (χ1v) is 6.59. The van der Waals surface area contributed by atoms with Gasteiger partial charge in [-0.15, -0.1) is 0 Å². The molecule has 1 fully saturated rings. The standard InChI is InChI=1S/C14H19N3O2/c18-13(16-9-8-15-12-6-7-12)10-17-14(19)11-4-2-1-3-5-11/h1-5,12,15H,6-10H2,(H,16,18)(H,17,19). The van der Waals surface area contributed by atoms with Gasteiger partial charge in [0.25, 0.3) is 5.91 Å². The average molecular weight is 261 g/mol. The van der Waals surface area contributed by atoms with Gasteiger partial charge in [-0.2, -0.15) is 0 Å². The largest absolute Gasteiger partial charge is 0.353 e.